The van der Waals surface area contributed by atoms with Gasteiger partial charge >= 0.3 is 0 Å². The molecule has 0 unspecified atom stereocenters. The third-order valence-corrected chi connectivity index (χ3v) is 4.25. The molecule has 3 rings (SSSR count). The maximum absolute atomic E-state index is 9.70. The van der Waals surface area contributed by atoms with Gasteiger partial charge in [-0.1, -0.05) is 6.42 Å². The number of nitrogens with zero attached hydrogens (tertiary/aromatic N) is 1. The Bertz CT molecular complexity index is 595. The van der Waals surface area contributed by atoms with Gasteiger partial charge in [0.2, 0.25) is 0 Å². The smallest absolute Gasteiger partial charge is 0.184 e. The molecule has 0 bridgehead atoms. The normalized spacial score (nSPS) is 21.6. The van der Waals surface area contributed by atoms with E-state index in [0.29, 0.717) is 6.42 Å². The van der Waals surface area contributed by atoms with Gasteiger partial charge in [-0.05, 0) is 56.1 Å². The van der Waals surface area contributed by atoms with Crippen LogP contribution in [0.3, 0.4) is 0 Å². The van der Waals surface area contributed by atoms with E-state index >= 15 is 0 Å². The number of nitrogens with two attached hydrogens (primary N) is 1. The minimum absolute atomic E-state index is 0.133. The Morgan fingerprint density at radius 3 is 2.81 bits per heavy atom. The van der Waals surface area contributed by atoms with Crippen LogP contribution >= 0.6 is 12.2 Å². The molecule has 2 aliphatic rings. The summed E-state index contributed by atoms with van der Waals surface area (Å²) in [7, 11) is 0. The van der Waals surface area contributed by atoms with E-state index in [4.69, 9.17) is 22.7 Å². The fourth-order valence-electron chi connectivity index (χ4n) is 3.20. The first-order valence-corrected chi connectivity index (χ1v) is 7.63. The van der Waals surface area contributed by atoms with Crippen LogP contribution in [0, 0.1) is 0 Å². The lowest BCUT2D eigenvalue weighted by molar-refractivity contribution is 0.0320. The molecule has 112 valence electrons. The number of phenols is 1. The molecular formula is C15H19N3O2S. The van der Waals surface area contributed by atoms with Crippen molar-refractivity contribution in [1.82, 2.24) is 5.43 Å². The number of aromatic hydroxyl groups is 1. The fourth-order valence-corrected chi connectivity index (χ4v) is 3.25. The van der Waals surface area contributed by atoms with Gasteiger partial charge in [0, 0.05) is 12.0 Å². The molecule has 0 radical (unpaired) electrons. The number of rotatable bonds is 1. The Morgan fingerprint density at radius 1 is 1.33 bits per heavy atom. The molecule has 0 saturated heterocycles. The van der Waals surface area contributed by atoms with Crippen LogP contribution < -0.4 is 15.9 Å². The molecule has 0 aromatic heterocycles. The number of benzene rings is 1. The van der Waals surface area contributed by atoms with Crippen molar-refractivity contribution in [1.29, 1.82) is 0 Å². The zero-order valence-corrected chi connectivity index (χ0v) is 12.6. The lowest BCUT2D eigenvalue weighted by Gasteiger charge is -2.41. The van der Waals surface area contributed by atoms with Gasteiger partial charge < -0.3 is 15.6 Å². The van der Waals surface area contributed by atoms with Crippen LogP contribution in [0.5, 0.6) is 11.5 Å². The summed E-state index contributed by atoms with van der Waals surface area (Å²) in [5.41, 5.74) is 9.57. The maximum Gasteiger partial charge on any atom is 0.184 e. The Hall–Kier alpha value is -1.82. The van der Waals surface area contributed by atoms with E-state index in [1.807, 2.05) is 0 Å². The number of thiocarbonyl (C=S) groups is 1. The number of nitrogens with one attached hydrogen (secondary N) is 1. The summed E-state index contributed by atoms with van der Waals surface area (Å²) in [4.78, 5) is 0. The SMILES string of the molecule is NC(=S)N/N=C1\CC2(CCCCC2)Oc2ccc(O)cc21. The second-order valence-corrected chi connectivity index (χ2v) is 6.18. The quantitative estimate of drug-likeness (QED) is 0.548. The van der Waals surface area contributed by atoms with Gasteiger partial charge in [-0.25, -0.2) is 0 Å². The average Bonchev–Trinajstić information content (AvgIpc) is 2.46. The molecule has 6 heteroatoms. The summed E-state index contributed by atoms with van der Waals surface area (Å²) in [6.45, 7) is 0. The lowest BCUT2D eigenvalue weighted by Crippen LogP contribution is -2.44. The highest BCUT2D eigenvalue weighted by Crippen LogP contribution is 2.42. The number of hydrogen-bond donors (Lipinski definition) is 3. The molecule has 1 aliphatic heterocycles. The third kappa shape index (κ3) is 2.95. The van der Waals surface area contributed by atoms with E-state index in [-0.39, 0.29) is 16.5 Å². The van der Waals surface area contributed by atoms with Gasteiger partial charge in [0.25, 0.3) is 0 Å². The van der Waals surface area contributed by atoms with Crippen molar-refractivity contribution in [2.45, 2.75) is 44.1 Å². The highest BCUT2D eigenvalue weighted by Gasteiger charge is 2.40. The third-order valence-electron chi connectivity index (χ3n) is 4.16. The first-order chi connectivity index (χ1) is 10.1. The fraction of sp³-hybridized carbons (Fsp3) is 0.467. The van der Waals surface area contributed by atoms with Gasteiger partial charge in [-0.15, -0.1) is 0 Å². The average molecular weight is 305 g/mol. The van der Waals surface area contributed by atoms with Crippen molar-refractivity contribution in [3.63, 3.8) is 0 Å². The molecule has 1 heterocycles. The summed E-state index contributed by atoms with van der Waals surface area (Å²) < 4.78 is 6.27. The number of ether oxygens (including phenoxy) is 1. The molecule has 0 amide bonds. The summed E-state index contributed by atoms with van der Waals surface area (Å²) >= 11 is 4.82. The van der Waals surface area contributed by atoms with Crippen molar-refractivity contribution in [2.75, 3.05) is 0 Å². The molecule has 1 aliphatic carbocycles. The molecular weight excluding hydrogens is 286 g/mol. The van der Waals surface area contributed by atoms with E-state index in [9.17, 15) is 5.11 Å². The Balaban J connectivity index is 1.99. The number of hydrogen-bond acceptors (Lipinski definition) is 4. The largest absolute Gasteiger partial charge is 0.508 e. The highest BCUT2D eigenvalue weighted by molar-refractivity contribution is 7.80. The van der Waals surface area contributed by atoms with Gasteiger partial charge in [-0.2, -0.15) is 5.10 Å². The molecule has 4 N–H and O–H groups in total. The maximum atomic E-state index is 9.70. The Morgan fingerprint density at radius 2 is 2.10 bits per heavy atom. The Kier molecular flexibility index (Phi) is 3.71. The molecule has 5 nitrogen and oxygen atoms in total. The van der Waals surface area contributed by atoms with Gasteiger partial charge in [0.15, 0.2) is 5.11 Å². The predicted molar refractivity (Wildman–Crippen MR) is 85.6 cm³/mol. The Labute approximate surface area is 129 Å². The van der Waals surface area contributed by atoms with E-state index in [0.717, 1.165) is 29.9 Å². The second kappa shape index (κ2) is 5.52. The summed E-state index contributed by atoms with van der Waals surface area (Å²) in [5.74, 6) is 0.962. The topological polar surface area (TPSA) is 79.9 Å². The van der Waals surface area contributed by atoms with E-state index in [2.05, 4.69) is 10.5 Å². The van der Waals surface area contributed by atoms with Crippen LogP contribution in [-0.2, 0) is 0 Å². The van der Waals surface area contributed by atoms with Gasteiger partial charge in [0.05, 0.1) is 5.71 Å². The van der Waals surface area contributed by atoms with E-state index in [1.54, 1.807) is 18.2 Å². The van der Waals surface area contributed by atoms with Crippen LogP contribution in [0.2, 0.25) is 0 Å². The molecule has 1 aromatic carbocycles. The van der Waals surface area contributed by atoms with Gasteiger partial charge in [0.1, 0.15) is 17.1 Å². The number of hydrazone groups is 1. The first-order valence-electron chi connectivity index (χ1n) is 7.22. The van der Waals surface area contributed by atoms with E-state index < -0.39 is 0 Å². The molecule has 1 spiro atoms. The van der Waals surface area contributed by atoms with Crippen molar-refractivity contribution < 1.29 is 9.84 Å². The number of fused-ring (bicyclic) bond motifs is 1. The van der Waals surface area contributed by atoms with Crippen LogP contribution in [-0.4, -0.2) is 21.5 Å². The first kappa shape index (κ1) is 14.1. The second-order valence-electron chi connectivity index (χ2n) is 5.74. The van der Waals surface area contributed by atoms with Crippen LogP contribution in [0.1, 0.15) is 44.1 Å². The van der Waals surface area contributed by atoms with Crippen LogP contribution in [0.15, 0.2) is 23.3 Å². The minimum atomic E-state index is -0.182. The molecule has 1 saturated carbocycles. The minimum Gasteiger partial charge on any atom is -0.508 e. The summed E-state index contributed by atoms with van der Waals surface area (Å²) in [5, 5.41) is 14.2. The number of phenolic OH excluding ortho intramolecular Hbond substituents is 1. The lowest BCUT2D eigenvalue weighted by atomic mass is 9.78. The van der Waals surface area contributed by atoms with Crippen molar-refractivity contribution in [3.05, 3.63) is 23.8 Å². The molecule has 0 atom stereocenters. The van der Waals surface area contributed by atoms with Crippen LogP contribution in [0.25, 0.3) is 0 Å². The molecule has 1 aromatic rings. The predicted octanol–water partition coefficient (Wildman–Crippen LogP) is 2.41. The van der Waals surface area contributed by atoms with Crippen molar-refractivity contribution in [2.24, 2.45) is 10.8 Å². The standard InChI is InChI=1S/C15H19N3O2S/c16-14(21)18-17-12-9-15(6-2-1-3-7-15)20-13-5-4-10(19)8-11(12)13/h4-5,8,19H,1-3,6-7,9H2,(H3,16,18,21)/b17-12+. The summed E-state index contributed by atoms with van der Waals surface area (Å²) in [6, 6.07) is 5.11. The summed E-state index contributed by atoms with van der Waals surface area (Å²) in [6.07, 6.45) is 6.36. The van der Waals surface area contributed by atoms with Gasteiger partial charge in [-0.3, -0.25) is 5.43 Å². The van der Waals surface area contributed by atoms with Crippen molar-refractivity contribution in [3.8, 4) is 11.5 Å². The highest BCUT2D eigenvalue weighted by atomic mass is 32.1. The molecule has 21 heavy (non-hydrogen) atoms. The van der Waals surface area contributed by atoms with E-state index in [1.165, 1.54) is 19.3 Å². The zero-order chi connectivity index (χ0) is 14.9. The van der Waals surface area contributed by atoms with Crippen molar-refractivity contribution >= 4 is 23.0 Å². The molecule has 1 fully saturated rings. The zero-order valence-electron chi connectivity index (χ0n) is 11.8. The van der Waals surface area contributed by atoms with Crippen LogP contribution in [0.4, 0.5) is 0 Å². The monoisotopic (exact) mass is 305 g/mol.